The molecule has 0 radical (unpaired) electrons. The molecule has 0 unspecified atom stereocenters. The molecular weight excluding hydrogens is 242 g/mol. The Morgan fingerprint density at radius 1 is 1.21 bits per heavy atom. The third-order valence-corrected chi connectivity index (χ3v) is 2.71. The topological polar surface area (TPSA) is 60.2 Å². The third kappa shape index (κ3) is 3.87. The summed E-state index contributed by atoms with van der Waals surface area (Å²) in [5.74, 6) is 1.12. The minimum absolute atomic E-state index is 0.129. The average molecular weight is 261 g/mol. The van der Waals surface area contributed by atoms with Gasteiger partial charge in [-0.25, -0.2) is 0 Å². The van der Waals surface area contributed by atoms with Crippen LogP contribution in [-0.4, -0.2) is 29.5 Å². The molecule has 0 spiro atoms. The molecule has 0 aliphatic rings. The van der Waals surface area contributed by atoms with Crippen LogP contribution in [0.4, 0.5) is 0 Å². The highest BCUT2D eigenvalue weighted by atomic mass is 16.5. The van der Waals surface area contributed by atoms with Gasteiger partial charge in [0, 0.05) is 18.2 Å². The van der Waals surface area contributed by atoms with E-state index in [1.54, 1.807) is 7.11 Å². The average Bonchev–Trinajstić information content (AvgIpc) is 2.86. The van der Waals surface area contributed by atoms with Crippen LogP contribution in [0.1, 0.15) is 19.7 Å². The maximum atomic E-state index is 5.62. The van der Waals surface area contributed by atoms with E-state index in [1.165, 1.54) is 0 Å². The van der Waals surface area contributed by atoms with Crippen molar-refractivity contribution in [1.82, 2.24) is 15.5 Å². The molecule has 5 heteroatoms. The fourth-order valence-corrected chi connectivity index (χ4v) is 1.75. The molecule has 2 rings (SSSR count). The molecule has 1 aromatic heterocycles. The van der Waals surface area contributed by atoms with E-state index in [0.717, 1.165) is 5.56 Å². The molecule has 19 heavy (non-hydrogen) atoms. The zero-order valence-electron chi connectivity index (χ0n) is 11.5. The maximum absolute atomic E-state index is 5.62. The summed E-state index contributed by atoms with van der Waals surface area (Å²) in [4.78, 5) is 0. The lowest BCUT2D eigenvalue weighted by Gasteiger charge is -2.24. The number of rotatable bonds is 6. The van der Waals surface area contributed by atoms with Crippen molar-refractivity contribution in [3.05, 3.63) is 36.2 Å². The molecule has 0 atom stereocenters. The van der Waals surface area contributed by atoms with Crippen LogP contribution in [-0.2, 0) is 11.3 Å². The standard InChI is InChI=1S/C14H19N3O2/c1-14(2,10-18-3)15-9-12-16-17-13(19-12)11-7-5-4-6-8-11/h4-8,15H,9-10H2,1-3H3. The van der Waals surface area contributed by atoms with Gasteiger partial charge in [-0.2, -0.15) is 0 Å². The molecule has 0 fully saturated rings. The van der Waals surface area contributed by atoms with Crippen molar-refractivity contribution in [1.29, 1.82) is 0 Å². The summed E-state index contributed by atoms with van der Waals surface area (Å²) in [6.07, 6.45) is 0. The highest BCUT2D eigenvalue weighted by Crippen LogP contribution is 2.17. The third-order valence-electron chi connectivity index (χ3n) is 2.71. The largest absolute Gasteiger partial charge is 0.419 e. The molecular formula is C14H19N3O2. The summed E-state index contributed by atoms with van der Waals surface area (Å²) >= 11 is 0. The van der Waals surface area contributed by atoms with E-state index >= 15 is 0 Å². The molecule has 0 saturated carbocycles. The molecule has 0 amide bonds. The predicted molar refractivity (Wildman–Crippen MR) is 72.5 cm³/mol. The monoisotopic (exact) mass is 261 g/mol. The highest BCUT2D eigenvalue weighted by molar-refractivity contribution is 5.51. The molecule has 0 aliphatic carbocycles. The van der Waals surface area contributed by atoms with Gasteiger partial charge >= 0.3 is 0 Å². The Hall–Kier alpha value is -1.72. The first-order valence-electron chi connectivity index (χ1n) is 6.22. The Kier molecular flexibility index (Phi) is 4.29. The quantitative estimate of drug-likeness (QED) is 0.864. The van der Waals surface area contributed by atoms with Crippen LogP contribution in [0.3, 0.4) is 0 Å². The van der Waals surface area contributed by atoms with Crippen LogP contribution in [0.25, 0.3) is 11.5 Å². The normalized spacial score (nSPS) is 11.7. The predicted octanol–water partition coefficient (Wildman–Crippen LogP) is 2.25. The van der Waals surface area contributed by atoms with Gasteiger partial charge in [0.15, 0.2) is 0 Å². The molecule has 0 bridgehead atoms. The first kappa shape index (κ1) is 13.7. The van der Waals surface area contributed by atoms with E-state index in [-0.39, 0.29) is 5.54 Å². The SMILES string of the molecule is COCC(C)(C)NCc1nnc(-c2ccccc2)o1. The molecule has 2 aromatic rings. The minimum Gasteiger partial charge on any atom is -0.419 e. The number of benzene rings is 1. The van der Waals surface area contributed by atoms with Gasteiger partial charge in [0.05, 0.1) is 13.2 Å². The van der Waals surface area contributed by atoms with E-state index in [0.29, 0.717) is 24.9 Å². The lowest BCUT2D eigenvalue weighted by Crippen LogP contribution is -2.42. The first-order valence-corrected chi connectivity index (χ1v) is 6.22. The molecule has 0 aliphatic heterocycles. The van der Waals surface area contributed by atoms with Crippen LogP contribution in [0.2, 0.25) is 0 Å². The Morgan fingerprint density at radius 2 is 1.95 bits per heavy atom. The fraction of sp³-hybridized carbons (Fsp3) is 0.429. The minimum atomic E-state index is -0.129. The highest BCUT2D eigenvalue weighted by Gasteiger charge is 2.18. The van der Waals surface area contributed by atoms with E-state index in [2.05, 4.69) is 29.4 Å². The maximum Gasteiger partial charge on any atom is 0.247 e. The molecule has 5 nitrogen and oxygen atoms in total. The Labute approximate surface area is 113 Å². The summed E-state index contributed by atoms with van der Waals surface area (Å²) < 4.78 is 10.8. The van der Waals surface area contributed by atoms with E-state index in [4.69, 9.17) is 9.15 Å². The lowest BCUT2D eigenvalue weighted by atomic mass is 10.1. The summed E-state index contributed by atoms with van der Waals surface area (Å²) in [6.45, 7) is 5.26. The van der Waals surface area contributed by atoms with Gasteiger partial charge in [-0.05, 0) is 26.0 Å². The van der Waals surface area contributed by atoms with E-state index < -0.39 is 0 Å². The molecule has 1 heterocycles. The van der Waals surface area contributed by atoms with Crippen LogP contribution >= 0.6 is 0 Å². The van der Waals surface area contributed by atoms with Gasteiger partial charge in [-0.3, -0.25) is 0 Å². The smallest absolute Gasteiger partial charge is 0.247 e. The van der Waals surface area contributed by atoms with Crippen LogP contribution in [0.5, 0.6) is 0 Å². The zero-order valence-corrected chi connectivity index (χ0v) is 11.5. The first-order chi connectivity index (χ1) is 9.11. The number of nitrogens with one attached hydrogen (secondary N) is 1. The molecule has 1 aromatic carbocycles. The lowest BCUT2D eigenvalue weighted by molar-refractivity contribution is 0.126. The van der Waals surface area contributed by atoms with Crippen LogP contribution in [0, 0.1) is 0 Å². The van der Waals surface area contributed by atoms with E-state index in [1.807, 2.05) is 30.3 Å². The van der Waals surface area contributed by atoms with Crippen molar-refractivity contribution in [3.63, 3.8) is 0 Å². The van der Waals surface area contributed by atoms with E-state index in [9.17, 15) is 0 Å². The van der Waals surface area contributed by atoms with Gasteiger partial charge in [0.1, 0.15) is 0 Å². The number of nitrogens with zero attached hydrogens (tertiary/aromatic N) is 2. The van der Waals surface area contributed by atoms with Crippen molar-refractivity contribution >= 4 is 0 Å². The Bertz CT molecular complexity index is 508. The number of hydrogen-bond acceptors (Lipinski definition) is 5. The van der Waals surface area contributed by atoms with Gasteiger partial charge in [-0.15, -0.1) is 10.2 Å². The number of ether oxygens (including phenoxy) is 1. The van der Waals surface area contributed by atoms with Crippen LogP contribution in [0.15, 0.2) is 34.7 Å². The number of hydrogen-bond donors (Lipinski definition) is 1. The summed E-state index contributed by atoms with van der Waals surface area (Å²) in [7, 11) is 1.68. The van der Waals surface area contributed by atoms with Gasteiger partial charge < -0.3 is 14.5 Å². The Morgan fingerprint density at radius 3 is 2.63 bits per heavy atom. The van der Waals surface area contributed by atoms with Gasteiger partial charge in [0.25, 0.3) is 0 Å². The molecule has 0 saturated heterocycles. The van der Waals surface area contributed by atoms with Crippen molar-refractivity contribution in [2.24, 2.45) is 0 Å². The van der Waals surface area contributed by atoms with Gasteiger partial charge in [0.2, 0.25) is 11.8 Å². The summed E-state index contributed by atoms with van der Waals surface area (Å²) in [5, 5.41) is 11.4. The van der Waals surface area contributed by atoms with Crippen molar-refractivity contribution in [2.45, 2.75) is 25.9 Å². The van der Waals surface area contributed by atoms with Crippen molar-refractivity contribution in [2.75, 3.05) is 13.7 Å². The summed E-state index contributed by atoms with van der Waals surface area (Å²) in [6, 6.07) is 9.73. The van der Waals surface area contributed by atoms with Gasteiger partial charge in [-0.1, -0.05) is 18.2 Å². The van der Waals surface area contributed by atoms with Crippen molar-refractivity contribution < 1.29 is 9.15 Å². The second kappa shape index (κ2) is 5.95. The number of aromatic nitrogens is 2. The second-order valence-corrected chi connectivity index (χ2v) is 5.04. The molecule has 1 N–H and O–H groups in total. The van der Waals surface area contributed by atoms with Crippen LogP contribution < -0.4 is 5.32 Å². The molecule has 102 valence electrons. The second-order valence-electron chi connectivity index (χ2n) is 5.04. The van der Waals surface area contributed by atoms with Crippen molar-refractivity contribution in [3.8, 4) is 11.5 Å². The Balaban J connectivity index is 1.99. The summed E-state index contributed by atoms with van der Waals surface area (Å²) in [5.41, 5.74) is 0.799. The number of methoxy groups -OCH3 is 1. The zero-order chi connectivity index (χ0) is 13.7. The fourth-order valence-electron chi connectivity index (χ4n) is 1.75.